The van der Waals surface area contributed by atoms with Gasteiger partial charge < -0.3 is 10.6 Å². The van der Waals surface area contributed by atoms with E-state index in [1.165, 1.54) is 0 Å². The fourth-order valence-electron chi connectivity index (χ4n) is 2.14. The third kappa shape index (κ3) is 3.42. The molecular weight excluding hydrogens is 290 g/mol. The molecule has 2 aromatic heterocycles. The van der Waals surface area contributed by atoms with Gasteiger partial charge in [0.25, 0.3) is 0 Å². The van der Waals surface area contributed by atoms with Crippen molar-refractivity contribution in [1.82, 2.24) is 15.0 Å². The molecule has 0 fully saturated rings. The molecule has 3 aromatic rings. The molecule has 0 saturated heterocycles. The van der Waals surface area contributed by atoms with Gasteiger partial charge >= 0.3 is 6.03 Å². The highest BCUT2D eigenvalue weighted by Gasteiger charge is 2.06. The lowest BCUT2D eigenvalue weighted by atomic mass is 10.2. The van der Waals surface area contributed by atoms with Gasteiger partial charge in [0.1, 0.15) is 0 Å². The van der Waals surface area contributed by atoms with Crippen molar-refractivity contribution >= 4 is 28.4 Å². The van der Waals surface area contributed by atoms with E-state index in [9.17, 15) is 4.79 Å². The minimum atomic E-state index is -0.327. The molecule has 1 aromatic carbocycles. The number of nitrogens with zero attached hydrogens (tertiary/aromatic N) is 3. The van der Waals surface area contributed by atoms with Crippen molar-refractivity contribution in [3.8, 4) is 0 Å². The Bertz CT molecular complexity index is 874. The van der Waals surface area contributed by atoms with E-state index in [2.05, 4.69) is 25.6 Å². The summed E-state index contributed by atoms with van der Waals surface area (Å²) in [6.07, 6.45) is 1.62. The number of carbonyl (C=O) groups excluding carboxylic acids is 1. The maximum atomic E-state index is 12.0. The summed E-state index contributed by atoms with van der Waals surface area (Å²) in [5.74, 6) is 0. The second kappa shape index (κ2) is 6.00. The van der Waals surface area contributed by atoms with E-state index in [1.807, 2.05) is 39.0 Å². The maximum Gasteiger partial charge on any atom is 0.323 e. The number of fused-ring (bicyclic) bond motifs is 1. The summed E-state index contributed by atoms with van der Waals surface area (Å²) in [6, 6.07) is 8.77. The summed E-state index contributed by atoms with van der Waals surface area (Å²) in [5.41, 5.74) is 5.54. The molecule has 2 N–H and O–H groups in total. The largest absolute Gasteiger partial charge is 0.323 e. The second-order valence-electron chi connectivity index (χ2n) is 5.37. The van der Waals surface area contributed by atoms with Crippen LogP contribution in [0, 0.1) is 20.8 Å². The SMILES string of the molecule is Cc1ccc(NC(=O)Nc2ccc3nc(C)c(C)nc3c2)cn1. The summed E-state index contributed by atoms with van der Waals surface area (Å²) < 4.78 is 0. The number of carbonyl (C=O) groups is 1. The van der Waals surface area contributed by atoms with E-state index >= 15 is 0 Å². The molecule has 6 nitrogen and oxygen atoms in total. The Morgan fingerprint density at radius 1 is 0.870 bits per heavy atom. The minimum Gasteiger partial charge on any atom is -0.308 e. The summed E-state index contributed by atoms with van der Waals surface area (Å²) >= 11 is 0. The first-order chi connectivity index (χ1) is 11.0. The van der Waals surface area contributed by atoms with Gasteiger partial charge in [-0.25, -0.2) is 14.8 Å². The van der Waals surface area contributed by atoms with Crippen LogP contribution >= 0.6 is 0 Å². The van der Waals surface area contributed by atoms with Crippen LogP contribution in [0.25, 0.3) is 11.0 Å². The number of nitrogens with one attached hydrogen (secondary N) is 2. The van der Waals surface area contributed by atoms with Crippen molar-refractivity contribution in [3.63, 3.8) is 0 Å². The fourth-order valence-corrected chi connectivity index (χ4v) is 2.14. The molecular formula is C17H17N5O. The predicted octanol–water partition coefficient (Wildman–Crippen LogP) is 3.59. The third-order valence-corrected chi connectivity index (χ3v) is 3.50. The van der Waals surface area contributed by atoms with Gasteiger partial charge in [0.05, 0.1) is 34.3 Å². The van der Waals surface area contributed by atoms with Gasteiger partial charge in [-0.1, -0.05) is 0 Å². The Labute approximate surface area is 134 Å². The Morgan fingerprint density at radius 2 is 1.52 bits per heavy atom. The molecule has 2 amide bonds. The second-order valence-corrected chi connectivity index (χ2v) is 5.37. The molecule has 0 atom stereocenters. The van der Waals surface area contributed by atoms with Crippen molar-refractivity contribution in [3.05, 3.63) is 53.6 Å². The smallest absolute Gasteiger partial charge is 0.308 e. The highest BCUT2D eigenvalue weighted by atomic mass is 16.2. The van der Waals surface area contributed by atoms with Crippen LogP contribution in [0.2, 0.25) is 0 Å². The maximum absolute atomic E-state index is 12.0. The average molecular weight is 307 g/mol. The standard InChI is InChI=1S/C17H17N5O/c1-10-4-5-14(9-18-10)22-17(23)21-13-6-7-15-16(8-13)20-12(3)11(2)19-15/h4-9H,1-3H3,(H2,21,22,23). The lowest BCUT2D eigenvalue weighted by Gasteiger charge is -2.09. The summed E-state index contributed by atoms with van der Waals surface area (Å²) in [4.78, 5) is 25.1. The number of hydrogen-bond donors (Lipinski definition) is 2. The van der Waals surface area contributed by atoms with E-state index in [4.69, 9.17) is 0 Å². The number of hydrogen-bond acceptors (Lipinski definition) is 4. The lowest BCUT2D eigenvalue weighted by molar-refractivity contribution is 0.262. The fraction of sp³-hybridized carbons (Fsp3) is 0.176. The normalized spacial score (nSPS) is 10.6. The Hall–Kier alpha value is -3.02. The monoisotopic (exact) mass is 307 g/mol. The molecule has 0 aliphatic carbocycles. The van der Waals surface area contributed by atoms with Gasteiger partial charge in [-0.05, 0) is 51.1 Å². The average Bonchev–Trinajstić information content (AvgIpc) is 2.51. The zero-order valence-corrected chi connectivity index (χ0v) is 13.2. The van der Waals surface area contributed by atoms with Crippen molar-refractivity contribution < 1.29 is 4.79 Å². The molecule has 3 rings (SSSR count). The number of benzene rings is 1. The first-order valence-corrected chi connectivity index (χ1v) is 7.27. The molecule has 0 bridgehead atoms. The molecule has 0 radical (unpaired) electrons. The molecule has 6 heteroatoms. The number of pyridine rings is 1. The van der Waals surface area contributed by atoms with Gasteiger partial charge in [0, 0.05) is 11.4 Å². The molecule has 116 valence electrons. The highest BCUT2D eigenvalue weighted by molar-refractivity contribution is 6.00. The molecule has 0 aliphatic heterocycles. The predicted molar refractivity (Wildman–Crippen MR) is 90.6 cm³/mol. The summed E-state index contributed by atoms with van der Waals surface area (Å²) in [6.45, 7) is 5.74. The van der Waals surface area contributed by atoms with Crippen LogP contribution in [0.3, 0.4) is 0 Å². The molecule has 0 spiro atoms. The van der Waals surface area contributed by atoms with Crippen LogP contribution in [-0.4, -0.2) is 21.0 Å². The van der Waals surface area contributed by atoms with Crippen LogP contribution < -0.4 is 10.6 Å². The molecule has 0 unspecified atom stereocenters. The van der Waals surface area contributed by atoms with Crippen LogP contribution in [-0.2, 0) is 0 Å². The van der Waals surface area contributed by atoms with Crippen LogP contribution in [0.1, 0.15) is 17.1 Å². The van der Waals surface area contributed by atoms with E-state index < -0.39 is 0 Å². The van der Waals surface area contributed by atoms with Crippen molar-refractivity contribution in [2.45, 2.75) is 20.8 Å². The summed E-state index contributed by atoms with van der Waals surface area (Å²) in [5, 5.41) is 5.52. The first kappa shape index (κ1) is 14.9. The topological polar surface area (TPSA) is 79.8 Å². The number of aromatic nitrogens is 3. The highest BCUT2D eigenvalue weighted by Crippen LogP contribution is 2.18. The molecule has 2 heterocycles. The number of aryl methyl sites for hydroxylation is 3. The quantitative estimate of drug-likeness (QED) is 0.758. The zero-order valence-electron chi connectivity index (χ0n) is 13.2. The number of amides is 2. The minimum absolute atomic E-state index is 0.327. The van der Waals surface area contributed by atoms with Gasteiger partial charge in [-0.2, -0.15) is 0 Å². The number of urea groups is 1. The van der Waals surface area contributed by atoms with Gasteiger partial charge in [0.15, 0.2) is 0 Å². The van der Waals surface area contributed by atoms with E-state index in [0.29, 0.717) is 11.4 Å². The Balaban J connectivity index is 1.76. The van der Waals surface area contributed by atoms with Gasteiger partial charge in [-0.3, -0.25) is 4.98 Å². The van der Waals surface area contributed by atoms with E-state index in [0.717, 1.165) is 28.1 Å². The zero-order chi connectivity index (χ0) is 16.4. The Kier molecular flexibility index (Phi) is 3.89. The molecule has 23 heavy (non-hydrogen) atoms. The number of anilines is 2. The van der Waals surface area contributed by atoms with Crippen LogP contribution in [0.4, 0.5) is 16.2 Å². The number of rotatable bonds is 2. The summed E-state index contributed by atoms with van der Waals surface area (Å²) in [7, 11) is 0. The van der Waals surface area contributed by atoms with Gasteiger partial charge in [-0.15, -0.1) is 0 Å². The van der Waals surface area contributed by atoms with Crippen molar-refractivity contribution in [2.75, 3.05) is 10.6 Å². The third-order valence-electron chi connectivity index (χ3n) is 3.50. The lowest BCUT2D eigenvalue weighted by Crippen LogP contribution is -2.19. The van der Waals surface area contributed by atoms with Crippen LogP contribution in [0.5, 0.6) is 0 Å². The van der Waals surface area contributed by atoms with Gasteiger partial charge in [0.2, 0.25) is 0 Å². The van der Waals surface area contributed by atoms with E-state index in [1.54, 1.807) is 18.3 Å². The van der Waals surface area contributed by atoms with Crippen LogP contribution in [0.15, 0.2) is 36.5 Å². The Morgan fingerprint density at radius 3 is 2.22 bits per heavy atom. The van der Waals surface area contributed by atoms with E-state index in [-0.39, 0.29) is 6.03 Å². The van der Waals surface area contributed by atoms with Crippen molar-refractivity contribution in [1.29, 1.82) is 0 Å². The molecule has 0 saturated carbocycles. The van der Waals surface area contributed by atoms with Crippen molar-refractivity contribution in [2.24, 2.45) is 0 Å². The molecule has 0 aliphatic rings. The first-order valence-electron chi connectivity index (χ1n) is 7.27.